The summed E-state index contributed by atoms with van der Waals surface area (Å²) in [6, 6.07) is 9.37. The number of aliphatic hydroxyl groups is 1. The van der Waals surface area contributed by atoms with Crippen LogP contribution in [0, 0.1) is 6.92 Å². The fraction of sp³-hybridized carbons (Fsp3) is 0.214. The third-order valence-electron chi connectivity index (χ3n) is 2.81. The fourth-order valence-electron chi connectivity index (χ4n) is 1.83. The SMILES string of the molecule is COc1cccnc1C(O)c1cc(Br)ccc1C. The minimum atomic E-state index is -0.793. The monoisotopic (exact) mass is 307 g/mol. The Labute approximate surface area is 115 Å². The Balaban J connectivity index is 2.47. The minimum Gasteiger partial charge on any atom is -0.495 e. The predicted octanol–water partition coefficient (Wildman–Crippen LogP) is 3.24. The molecule has 1 aromatic heterocycles. The Morgan fingerprint density at radius 3 is 2.83 bits per heavy atom. The molecule has 0 spiro atoms. The van der Waals surface area contributed by atoms with E-state index in [9.17, 15) is 5.11 Å². The molecule has 4 heteroatoms. The molecule has 94 valence electrons. The van der Waals surface area contributed by atoms with Gasteiger partial charge in [0.05, 0.1) is 7.11 Å². The van der Waals surface area contributed by atoms with Crippen LogP contribution in [0.2, 0.25) is 0 Å². The molecule has 18 heavy (non-hydrogen) atoms. The van der Waals surface area contributed by atoms with E-state index in [-0.39, 0.29) is 0 Å². The van der Waals surface area contributed by atoms with Crippen LogP contribution >= 0.6 is 15.9 Å². The van der Waals surface area contributed by atoms with Crippen LogP contribution in [0.1, 0.15) is 22.9 Å². The maximum absolute atomic E-state index is 10.4. The van der Waals surface area contributed by atoms with Crippen LogP contribution in [-0.4, -0.2) is 17.2 Å². The summed E-state index contributed by atoms with van der Waals surface area (Å²) < 4.78 is 6.15. The van der Waals surface area contributed by atoms with Crippen molar-refractivity contribution in [3.63, 3.8) is 0 Å². The zero-order valence-corrected chi connectivity index (χ0v) is 11.8. The van der Waals surface area contributed by atoms with Crippen LogP contribution in [0.25, 0.3) is 0 Å². The van der Waals surface area contributed by atoms with Crippen molar-refractivity contribution in [3.8, 4) is 5.75 Å². The summed E-state index contributed by atoms with van der Waals surface area (Å²) in [7, 11) is 1.57. The second-order valence-electron chi connectivity index (χ2n) is 3.99. The number of methoxy groups -OCH3 is 1. The molecule has 0 saturated carbocycles. The second kappa shape index (κ2) is 5.50. The van der Waals surface area contributed by atoms with Crippen molar-refractivity contribution in [1.82, 2.24) is 4.98 Å². The first-order valence-corrected chi connectivity index (χ1v) is 6.36. The molecule has 3 nitrogen and oxygen atoms in total. The average molecular weight is 308 g/mol. The van der Waals surface area contributed by atoms with Crippen LogP contribution in [-0.2, 0) is 0 Å². The van der Waals surface area contributed by atoms with Crippen LogP contribution < -0.4 is 4.74 Å². The topological polar surface area (TPSA) is 42.4 Å². The summed E-state index contributed by atoms with van der Waals surface area (Å²) >= 11 is 3.41. The van der Waals surface area contributed by atoms with Crippen molar-refractivity contribution in [2.24, 2.45) is 0 Å². The summed E-state index contributed by atoms with van der Waals surface area (Å²) in [4.78, 5) is 4.21. The molecule has 0 fully saturated rings. The highest BCUT2D eigenvalue weighted by atomic mass is 79.9. The number of pyridine rings is 1. The van der Waals surface area contributed by atoms with Gasteiger partial charge in [-0.1, -0.05) is 22.0 Å². The molecule has 2 rings (SSSR count). The number of benzene rings is 1. The van der Waals surface area contributed by atoms with Gasteiger partial charge in [-0.2, -0.15) is 0 Å². The van der Waals surface area contributed by atoms with E-state index in [4.69, 9.17) is 4.74 Å². The number of hydrogen-bond acceptors (Lipinski definition) is 3. The molecule has 1 N–H and O–H groups in total. The van der Waals surface area contributed by atoms with Crippen LogP contribution in [0.4, 0.5) is 0 Å². The Kier molecular flexibility index (Phi) is 3.99. The van der Waals surface area contributed by atoms with Gasteiger partial charge in [0.25, 0.3) is 0 Å². The third-order valence-corrected chi connectivity index (χ3v) is 3.31. The van der Waals surface area contributed by atoms with E-state index in [0.29, 0.717) is 11.4 Å². The minimum absolute atomic E-state index is 0.529. The summed E-state index contributed by atoms with van der Waals surface area (Å²) in [5.41, 5.74) is 2.36. The number of aromatic nitrogens is 1. The standard InChI is InChI=1S/C14H14BrNO2/c1-9-5-6-10(15)8-11(9)14(17)13-12(18-2)4-3-7-16-13/h3-8,14,17H,1-2H3. The highest BCUT2D eigenvalue weighted by Crippen LogP contribution is 2.30. The van der Waals surface area contributed by atoms with Gasteiger partial charge in [0.2, 0.25) is 0 Å². The Bertz CT molecular complexity index is 557. The van der Waals surface area contributed by atoms with Gasteiger partial charge in [-0.15, -0.1) is 0 Å². The smallest absolute Gasteiger partial charge is 0.143 e. The van der Waals surface area contributed by atoms with Crippen molar-refractivity contribution >= 4 is 15.9 Å². The number of halogens is 1. The molecule has 0 amide bonds. The number of rotatable bonds is 3. The van der Waals surface area contributed by atoms with Crippen molar-refractivity contribution in [3.05, 3.63) is 57.8 Å². The maximum Gasteiger partial charge on any atom is 0.143 e. The van der Waals surface area contributed by atoms with Gasteiger partial charge in [0.15, 0.2) is 0 Å². The number of ether oxygens (including phenoxy) is 1. The van der Waals surface area contributed by atoms with E-state index in [0.717, 1.165) is 15.6 Å². The van der Waals surface area contributed by atoms with E-state index >= 15 is 0 Å². The Morgan fingerprint density at radius 1 is 1.33 bits per heavy atom. The lowest BCUT2D eigenvalue weighted by Gasteiger charge is -2.16. The number of aliphatic hydroxyl groups excluding tert-OH is 1. The number of aryl methyl sites for hydroxylation is 1. The highest BCUT2D eigenvalue weighted by Gasteiger charge is 2.18. The zero-order chi connectivity index (χ0) is 13.1. The fourth-order valence-corrected chi connectivity index (χ4v) is 2.21. The first kappa shape index (κ1) is 13.1. The highest BCUT2D eigenvalue weighted by molar-refractivity contribution is 9.10. The first-order valence-electron chi connectivity index (χ1n) is 5.56. The molecule has 1 atom stereocenters. The van der Waals surface area contributed by atoms with Crippen LogP contribution in [0.5, 0.6) is 5.75 Å². The van der Waals surface area contributed by atoms with E-state index in [1.54, 1.807) is 25.4 Å². The van der Waals surface area contributed by atoms with Gasteiger partial charge >= 0.3 is 0 Å². The number of nitrogens with zero attached hydrogens (tertiary/aromatic N) is 1. The van der Waals surface area contributed by atoms with Crippen molar-refractivity contribution in [1.29, 1.82) is 0 Å². The molecule has 0 aliphatic heterocycles. The predicted molar refractivity (Wildman–Crippen MR) is 73.7 cm³/mol. The summed E-state index contributed by atoms with van der Waals surface area (Å²) in [6.45, 7) is 1.96. The van der Waals surface area contributed by atoms with Crippen molar-refractivity contribution in [2.75, 3.05) is 7.11 Å². The lowest BCUT2D eigenvalue weighted by molar-refractivity contribution is 0.208. The molecule has 0 bridgehead atoms. The van der Waals surface area contributed by atoms with E-state index in [1.807, 2.05) is 25.1 Å². The molecular formula is C14H14BrNO2. The number of hydrogen-bond donors (Lipinski definition) is 1. The maximum atomic E-state index is 10.4. The van der Waals surface area contributed by atoms with E-state index in [1.165, 1.54) is 0 Å². The summed E-state index contributed by atoms with van der Waals surface area (Å²) in [6.07, 6.45) is 0.854. The molecule has 0 aliphatic rings. The normalized spacial score (nSPS) is 12.2. The molecule has 0 saturated heterocycles. The molecule has 1 unspecified atom stereocenters. The Hall–Kier alpha value is -1.39. The molecule has 1 heterocycles. The molecule has 1 aromatic carbocycles. The largest absolute Gasteiger partial charge is 0.495 e. The Morgan fingerprint density at radius 2 is 2.11 bits per heavy atom. The van der Waals surface area contributed by atoms with Crippen molar-refractivity contribution < 1.29 is 9.84 Å². The first-order chi connectivity index (χ1) is 8.63. The van der Waals surface area contributed by atoms with Gasteiger partial charge < -0.3 is 9.84 Å². The third kappa shape index (κ3) is 2.54. The van der Waals surface area contributed by atoms with Crippen molar-refractivity contribution in [2.45, 2.75) is 13.0 Å². The molecule has 0 aliphatic carbocycles. The average Bonchev–Trinajstić information content (AvgIpc) is 2.40. The quantitative estimate of drug-likeness (QED) is 0.946. The van der Waals surface area contributed by atoms with Gasteiger partial charge in [-0.3, -0.25) is 4.98 Å². The molecule has 0 radical (unpaired) electrons. The zero-order valence-electron chi connectivity index (χ0n) is 10.2. The van der Waals surface area contributed by atoms with Crippen LogP contribution in [0.15, 0.2) is 41.0 Å². The van der Waals surface area contributed by atoms with Gasteiger partial charge in [0, 0.05) is 10.7 Å². The van der Waals surface area contributed by atoms with Gasteiger partial charge in [-0.05, 0) is 42.3 Å². The van der Waals surface area contributed by atoms with E-state index in [2.05, 4.69) is 20.9 Å². The lowest BCUT2D eigenvalue weighted by Crippen LogP contribution is -2.06. The summed E-state index contributed by atoms with van der Waals surface area (Å²) in [5.74, 6) is 0.587. The molecular weight excluding hydrogens is 294 g/mol. The van der Waals surface area contributed by atoms with Gasteiger partial charge in [-0.25, -0.2) is 0 Å². The van der Waals surface area contributed by atoms with E-state index < -0.39 is 6.10 Å². The van der Waals surface area contributed by atoms with Gasteiger partial charge in [0.1, 0.15) is 17.5 Å². The second-order valence-corrected chi connectivity index (χ2v) is 4.91. The lowest BCUT2D eigenvalue weighted by atomic mass is 10.0. The molecule has 2 aromatic rings. The summed E-state index contributed by atoms with van der Waals surface area (Å²) in [5, 5.41) is 10.4. The van der Waals surface area contributed by atoms with Crippen LogP contribution in [0.3, 0.4) is 0 Å².